The summed E-state index contributed by atoms with van der Waals surface area (Å²) in [5, 5.41) is 9.95. The molecule has 0 atom stereocenters. The van der Waals surface area contributed by atoms with Crippen LogP contribution in [-0.4, -0.2) is 31.0 Å². The second-order valence-corrected chi connectivity index (χ2v) is 3.74. The van der Waals surface area contributed by atoms with E-state index in [0.29, 0.717) is 5.03 Å². The lowest BCUT2D eigenvalue weighted by molar-refractivity contribution is 0.0689. The van der Waals surface area contributed by atoms with Crippen LogP contribution in [0.25, 0.3) is 0 Å². The number of carboxylic acids is 1. The second kappa shape index (κ2) is 4.67. The maximum absolute atomic E-state index is 10.5. The van der Waals surface area contributed by atoms with E-state index < -0.39 is 5.97 Å². The molecule has 0 fully saturated rings. The average molecular weight is 234 g/mol. The van der Waals surface area contributed by atoms with Gasteiger partial charge in [0, 0.05) is 6.20 Å². The van der Waals surface area contributed by atoms with Gasteiger partial charge in [-0.25, -0.2) is 24.7 Å². The van der Waals surface area contributed by atoms with Crippen LogP contribution in [0, 0.1) is 0 Å². The van der Waals surface area contributed by atoms with Crippen LogP contribution in [0.5, 0.6) is 0 Å². The quantitative estimate of drug-likeness (QED) is 0.796. The van der Waals surface area contributed by atoms with E-state index >= 15 is 0 Å². The second-order valence-electron chi connectivity index (χ2n) is 2.69. The molecule has 2 aromatic heterocycles. The Morgan fingerprint density at radius 2 is 2.06 bits per heavy atom. The lowest BCUT2D eigenvalue weighted by atomic mass is 10.5. The third-order valence-electron chi connectivity index (χ3n) is 1.61. The molecule has 2 aromatic rings. The van der Waals surface area contributed by atoms with Gasteiger partial charge in [-0.15, -0.1) is 0 Å². The topological polar surface area (TPSA) is 88.9 Å². The van der Waals surface area contributed by atoms with E-state index in [2.05, 4.69) is 19.9 Å². The van der Waals surface area contributed by atoms with Crippen LogP contribution in [0.15, 0.2) is 41.0 Å². The fourth-order valence-corrected chi connectivity index (χ4v) is 1.58. The van der Waals surface area contributed by atoms with Crippen molar-refractivity contribution in [3.63, 3.8) is 0 Å². The zero-order valence-corrected chi connectivity index (χ0v) is 8.76. The van der Waals surface area contributed by atoms with Gasteiger partial charge in [0.2, 0.25) is 0 Å². The maximum Gasteiger partial charge on any atom is 0.356 e. The predicted octanol–water partition coefficient (Wildman–Crippen LogP) is 1.12. The molecule has 0 bridgehead atoms. The molecule has 80 valence electrons. The molecule has 0 saturated carbocycles. The third kappa shape index (κ3) is 2.51. The summed E-state index contributed by atoms with van der Waals surface area (Å²) in [6.07, 6.45) is 5.66. The van der Waals surface area contributed by atoms with Crippen LogP contribution in [0.4, 0.5) is 0 Å². The van der Waals surface area contributed by atoms with Crippen molar-refractivity contribution in [3.05, 3.63) is 36.7 Å². The number of carbonyl (C=O) groups is 1. The molecule has 0 aliphatic rings. The number of hydrogen-bond donors (Lipinski definition) is 1. The van der Waals surface area contributed by atoms with Crippen LogP contribution in [0.2, 0.25) is 0 Å². The first kappa shape index (κ1) is 10.5. The summed E-state index contributed by atoms with van der Waals surface area (Å²) in [4.78, 5) is 26.0. The number of rotatable bonds is 3. The highest BCUT2D eigenvalue weighted by atomic mass is 32.2. The van der Waals surface area contributed by atoms with Crippen molar-refractivity contribution in [2.45, 2.75) is 10.1 Å². The number of hydrogen-bond acceptors (Lipinski definition) is 6. The molecule has 0 unspecified atom stereocenters. The van der Waals surface area contributed by atoms with E-state index in [1.165, 1.54) is 30.5 Å². The Labute approximate surface area is 94.8 Å². The van der Waals surface area contributed by atoms with Gasteiger partial charge in [0.25, 0.3) is 0 Å². The van der Waals surface area contributed by atoms with Crippen LogP contribution >= 0.6 is 11.8 Å². The molecule has 0 saturated heterocycles. The highest BCUT2D eigenvalue weighted by Gasteiger charge is 2.05. The Kier molecular flexibility index (Phi) is 3.06. The van der Waals surface area contributed by atoms with Crippen molar-refractivity contribution < 1.29 is 9.90 Å². The van der Waals surface area contributed by atoms with E-state index in [1.807, 2.05) is 0 Å². The van der Waals surface area contributed by atoms with Gasteiger partial charge in [0.05, 0.1) is 12.4 Å². The molecule has 1 N–H and O–H groups in total. The summed E-state index contributed by atoms with van der Waals surface area (Å²) in [7, 11) is 0. The van der Waals surface area contributed by atoms with Gasteiger partial charge >= 0.3 is 5.97 Å². The smallest absolute Gasteiger partial charge is 0.356 e. The first-order valence-corrected chi connectivity index (χ1v) is 5.06. The minimum Gasteiger partial charge on any atom is -0.476 e. The number of nitrogens with zero attached hydrogens (tertiary/aromatic N) is 4. The summed E-state index contributed by atoms with van der Waals surface area (Å²) >= 11 is 1.29. The predicted molar refractivity (Wildman–Crippen MR) is 55.1 cm³/mol. The Hall–Kier alpha value is -2.02. The molecule has 6 nitrogen and oxygen atoms in total. The maximum atomic E-state index is 10.5. The Morgan fingerprint density at radius 3 is 2.62 bits per heavy atom. The van der Waals surface area contributed by atoms with E-state index in [1.54, 1.807) is 12.3 Å². The first-order valence-electron chi connectivity index (χ1n) is 4.25. The van der Waals surface area contributed by atoms with E-state index in [9.17, 15) is 4.79 Å². The average Bonchev–Trinajstić information content (AvgIpc) is 2.31. The van der Waals surface area contributed by atoms with Crippen molar-refractivity contribution in [3.8, 4) is 0 Å². The molecule has 2 heterocycles. The molecule has 16 heavy (non-hydrogen) atoms. The van der Waals surface area contributed by atoms with Crippen molar-refractivity contribution >= 4 is 17.7 Å². The third-order valence-corrected chi connectivity index (χ3v) is 2.48. The van der Waals surface area contributed by atoms with Crippen LogP contribution in [0.1, 0.15) is 10.5 Å². The van der Waals surface area contributed by atoms with Gasteiger partial charge in [-0.2, -0.15) is 0 Å². The zero-order chi connectivity index (χ0) is 11.4. The molecule has 0 aliphatic heterocycles. The van der Waals surface area contributed by atoms with Crippen LogP contribution in [-0.2, 0) is 0 Å². The fourth-order valence-electron chi connectivity index (χ4n) is 0.925. The monoisotopic (exact) mass is 234 g/mol. The molecule has 0 radical (unpaired) electrons. The summed E-state index contributed by atoms with van der Waals surface area (Å²) < 4.78 is 0. The molecule has 0 aromatic carbocycles. The summed E-state index contributed by atoms with van der Waals surface area (Å²) in [6.45, 7) is 0. The van der Waals surface area contributed by atoms with Crippen LogP contribution in [0.3, 0.4) is 0 Å². The van der Waals surface area contributed by atoms with Gasteiger partial charge in [-0.1, -0.05) is 0 Å². The van der Waals surface area contributed by atoms with Gasteiger partial charge < -0.3 is 5.11 Å². The van der Waals surface area contributed by atoms with Gasteiger partial charge in [-0.3, -0.25) is 0 Å². The molecule has 7 heteroatoms. The van der Waals surface area contributed by atoms with E-state index in [-0.39, 0.29) is 5.69 Å². The first-order chi connectivity index (χ1) is 7.75. The van der Waals surface area contributed by atoms with Gasteiger partial charge in [-0.05, 0) is 17.8 Å². The molecular weight excluding hydrogens is 228 g/mol. The van der Waals surface area contributed by atoms with Crippen molar-refractivity contribution in [1.29, 1.82) is 0 Å². The van der Waals surface area contributed by atoms with Gasteiger partial charge in [0.15, 0.2) is 5.69 Å². The lowest BCUT2D eigenvalue weighted by Crippen LogP contribution is -2.00. The van der Waals surface area contributed by atoms with Crippen molar-refractivity contribution in [1.82, 2.24) is 19.9 Å². The Morgan fingerprint density at radius 1 is 1.19 bits per heavy atom. The highest BCUT2D eigenvalue weighted by Crippen LogP contribution is 2.21. The lowest BCUT2D eigenvalue weighted by Gasteiger charge is -1.98. The minimum absolute atomic E-state index is 0.0768. The molecule has 2 rings (SSSR count). The molecule has 0 spiro atoms. The molecule has 0 amide bonds. The fraction of sp³-hybridized carbons (Fsp3) is 0. The zero-order valence-electron chi connectivity index (χ0n) is 7.94. The Bertz CT molecular complexity index is 489. The van der Waals surface area contributed by atoms with E-state index in [4.69, 9.17) is 5.11 Å². The van der Waals surface area contributed by atoms with Crippen molar-refractivity contribution in [2.75, 3.05) is 0 Å². The molecule has 0 aliphatic carbocycles. The molecular formula is C9H6N4O2S. The van der Waals surface area contributed by atoms with E-state index in [0.717, 1.165) is 5.03 Å². The minimum atomic E-state index is -1.09. The number of carboxylic acid groups (broad SMARTS) is 1. The SMILES string of the molecule is O=C(O)c1cnc(Sc2ccncn2)cn1. The summed E-state index contributed by atoms with van der Waals surface area (Å²) in [5.41, 5.74) is -0.0768. The highest BCUT2D eigenvalue weighted by molar-refractivity contribution is 7.99. The normalized spacial score (nSPS) is 10.0. The summed E-state index contributed by atoms with van der Waals surface area (Å²) in [6, 6.07) is 1.73. The van der Waals surface area contributed by atoms with Crippen LogP contribution < -0.4 is 0 Å². The standard InChI is InChI=1S/C9H6N4O2S/c14-9(15)6-3-12-8(4-11-6)16-7-1-2-10-5-13-7/h1-5H,(H,14,15). The number of aromatic carboxylic acids is 1. The number of aromatic nitrogens is 4. The van der Waals surface area contributed by atoms with Crippen molar-refractivity contribution in [2.24, 2.45) is 0 Å². The Balaban J connectivity index is 2.14. The summed E-state index contributed by atoms with van der Waals surface area (Å²) in [5.74, 6) is -1.09. The van der Waals surface area contributed by atoms with Gasteiger partial charge in [0.1, 0.15) is 16.4 Å². The largest absolute Gasteiger partial charge is 0.476 e.